The number of amides is 2. The van der Waals surface area contributed by atoms with Crippen molar-refractivity contribution >= 4 is 48.0 Å². The van der Waals surface area contributed by atoms with Crippen molar-refractivity contribution in [3.63, 3.8) is 0 Å². The molecule has 2 aromatic carbocycles. The van der Waals surface area contributed by atoms with Crippen LogP contribution < -0.4 is 15.4 Å². The number of nitrogens with one attached hydrogen (secondary N) is 2. The molecule has 10 nitrogen and oxygen atoms in total. The third kappa shape index (κ3) is 9.99. The fraction of sp³-hybridized carbons (Fsp3) is 0.500. The summed E-state index contributed by atoms with van der Waals surface area (Å²) < 4.78 is 23.1. The Labute approximate surface area is 292 Å². The summed E-state index contributed by atoms with van der Waals surface area (Å²) in [5.41, 5.74) is 0.471. The van der Waals surface area contributed by atoms with E-state index in [-0.39, 0.29) is 49.9 Å². The van der Waals surface area contributed by atoms with E-state index in [4.69, 9.17) is 30.5 Å². The van der Waals surface area contributed by atoms with Crippen molar-refractivity contribution in [1.82, 2.24) is 10.6 Å². The summed E-state index contributed by atoms with van der Waals surface area (Å²) in [5, 5.41) is 5.90. The standard InChI is InChI=1S/C36H45ClN2O8S/c1-20(2)16-29-34(42)45-27(21(3)31-32(47-31)23-11-13-24(48)14-12-23)8-7-9-30(40)39-26(18-22-10-15-28(44-6)25(37)17-22)33(41)38-19-36(4,5)35(43)46-29/h7,9-15,17,20-21,26-27,29,31-32,48H,8,16,18-19H2,1-6H3,(H,38,41)(H,39,40)/b9-7+/t21-,26+,27-,29-,31+,32+/m0/s1. The Bertz CT molecular complexity index is 1510. The lowest BCUT2D eigenvalue weighted by Gasteiger charge is -2.29. The summed E-state index contributed by atoms with van der Waals surface area (Å²) in [6, 6.07) is 11.8. The van der Waals surface area contributed by atoms with Gasteiger partial charge in [-0.15, -0.1) is 12.6 Å². The Morgan fingerprint density at radius 1 is 1.04 bits per heavy atom. The van der Waals surface area contributed by atoms with Gasteiger partial charge in [0.05, 0.1) is 23.7 Å². The van der Waals surface area contributed by atoms with Gasteiger partial charge in [-0.25, -0.2) is 4.79 Å². The molecular weight excluding hydrogens is 656 g/mol. The Morgan fingerprint density at radius 3 is 2.40 bits per heavy atom. The monoisotopic (exact) mass is 700 g/mol. The molecule has 0 aliphatic carbocycles. The van der Waals surface area contributed by atoms with Gasteiger partial charge in [0.1, 0.15) is 24.0 Å². The molecule has 4 rings (SSSR count). The predicted molar refractivity (Wildman–Crippen MR) is 184 cm³/mol. The first kappa shape index (κ1) is 37.3. The van der Waals surface area contributed by atoms with Crippen LogP contribution in [0.4, 0.5) is 0 Å². The SMILES string of the molecule is COc1ccc(C[C@H]2NC(=O)/C=C/C[C@@H]([C@H](C)[C@H]3O[C@@H]3c3ccc(S)cc3)OC(=O)[C@H](CC(C)C)OC(=O)C(C)(C)CNC2=O)cc1Cl. The first-order valence-corrected chi connectivity index (χ1v) is 16.9. The summed E-state index contributed by atoms with van der Waals surface area (Å²) in [7, 11) is 1.50. The Balaban J connectivity index is 1.61. The Hall–Kier alpha value is -3.54. The van der Waals surface area contributed by atoms with Crippen LogP contribution in [0.25, 0.3) is 0 Å². The zero-order chi connectivity index (χ0) is 35.2. The van der Waals surface area contributed by atoms with E-state index in [0.29, 0.717) is 16.3 Å². The van der Waals surface area contributed by atoms with Gasteiger partial charge in [0, 0.05) is 30.2 Å². The van der Waals surface area contributed by atoms with Crippen molar-refractivity contribution in [3.05, 3.63) is 70.8 Å². The third-order valence-corrected chi connectivity index (χ3v) is 9.09. The molecule has 2 aliphatic rings. The highest BCUT2D eigenvalue weighted by Crippen LogP contribution is 2.45. The Kier molecular flexibility index (Phi) is 12.6. The maximum Gasteiger partial charge on any atom is 0.347 e. The number of cyclic esters (lactones) is 2. The second-order valence-corrected chi connectivity index (χ2v) is 14.4. The normalized spacial score (nSPS) is 26.5. The Morgan fingerprint density at radius 2 is 1.75 bits per heavy atom. The number of epoxide rings is 1. The van der Waals surface area contributed by atoms with Gasteiger partial charge in [-0.2, -0.15) is 0 Å². The molecule has 0 unspecified atom stereocenters. The number of esters is 2. The van der Waals surface area contributed by atoms with Crippen molar-refractivity contribution in [1.29, 1.82) is 0 Å². The third-order valence-electron chi connectivity index (χ3n) is 8.50. The largest absolute Gasteiger partial charge is 0.495 e. The molecule has 2 heterocycles. The van der Waals surface area contributed by atoms with Crippen molar-refractivity contribution in [2.45, 2.75) is 89.2 Å². The quantitative estimate of drug-likeness (QED) is 0.189. The number of carbonyl (C=O) groups is 4. The van der Waals surface area contributed by atoms with E-state index >= 15 is 0 Å². The van der Waals surface area contributed by atoms with E-state index in [9.17, 15) is 19.2 Å². The first-order valence-electron chi connectivity index (χ1n) is 16.1. The van der Waals surface area contributed by atoms with Crippen LogP contribution in [0, 0.1) is 17.3 Å². The lowest BCUT2D eigenvalue weighted by molar-refractivity contribution is -0.179. The van der Waals surface area contributed by atoms with Crippen molar-refractivity contribution < 1.29 is 38.1 Å². The van der Waals surface area contributed by atoms with Crippen LogP contribution in [0.2, 0.25) is 5.02 Å². The van der Waals surface area contributed by atoms with Gasteiger partial charge >= 0.3 is 11.9 Å². The predicted octanol–water partition coefficient (Wildman–Crippen LogP) is 5.41. The summed E-state index contributed by atoms with van der Waals surface area (Å²) >= 11 is 10.7. The van der Waals surface area contributed by atoms with Crippen molar-refractivity contribution in [2.75, 3.05) is 13.7 Å². The molecule has 2 aliphatic heterocycles. The van der Waals surface area contributed by atoms with Crippen molar-refractivity contribution in [2.24, 2.45) is 17.3 Å². The molecule has 0 radical (unpaired) electrons. The molecule has 1 saturated heterocycles. The smallest absolute Gasteiger partial charge is 0.347 e. The van der Waals surface area contributed by atoms with Gasteiger partial charge in [0.25, 0.3) is 0 Å². The summed E-state index contributed by atoms with van der Waals surface area (Å²) in [6.45, 7) is 8.89. The first-order chi connectivity index (χ1) is 22.7. The number of hydrogen-bond donors (Lipinski definition) is 3. The molecule has 6 atom stereocenters. The topological polar surface area (TPSA) is 133 Å². The minimum Gasteiger partial charge on any atom is -0.495 e. The minimum absolute atomic E-state index is 0.0152. The summed E-state index contributed by atoms with van der Waals surface area (Å²) in [4.78, 5) is 54.5. The fourth-order valence-electron chi connectivity index (χ4n) is 5.49. The number of thiol groups is 1. The summed E-state index contributed by atoms with van der Waals surface area (Å²) in [5.74, 6) is -2.12. The molecule has 12 heteroatoms. The number of ether oxygens (including phenoxy) is 4. The van der Waals surface area contributed by atoms with Gasteiger partial charge < -0.3 is 29.6 Å². The van der Waals surface area contributed by atoms with Crippen LogP contribution in [-0.4, -0.2) is 61.8 Å². The molecule has 260 valence electrons. The van der Waals surface area contributed by atoms with Crippen LogP contribution >= 0.6 is 24.2 Å². The van der Waals surface area contributed by atoms with Gasteiger partial charge in [-0.05, 0) is 67.7 Å². The van der Waals surface area contributed by atoms with Crippen LogP contribution in [0.1, 0.15) is 64.7 Å². The van der Waals surface area contributed by atoms with E-state index in [1.807, 2.05) is 45.0 Å². The average Bonchev–Trinajstić information content (AvgIpc) is 3.83. The number of benzene rings is 2. The average molecular weight is 701 g/mol. The molecule has 1 fully saturated rings. The highest BCUT2D eigenvalue weighted by Gasteiger charge is 2.48. The highest BCUT2D eigenvalue weighted by molar-refractivity contribution is 7.80. The summed E-state index contributed by atoms with van der Waals surface area (Å²) in [6.07, 6.45) is 1.21. The lowest BCUT2D eigenvalue weighted by atomic mass is 9.92. The van der Waals surface area contributed by atoms with Gasteiger partial charge in [-0.1, -0.05) is 56.6 Å². The number of carbonyl (C=O) groups excluding carboxylic acids is 4. The minimum atomic E-state index is -1.20. The molecule has 0 aromatic heterocycles. The number of hydrogen-bond acceptors (Lipinski definition) is 9. The van der Waals surface area contributed by atoms with Crippen LogP contribution in [0.5, 0.6) is 5.75 Å². The van der Waals surface area contributed by atoms with E-state index in [0.717, 1.165) is 10.5 Å². The molecule has 2 aromatic rings. The van der Waals surface area contributed by atoms with Gasteiger partial charge in [0.15, 0.2) is 6.10 Å². The lowest BCUT2D eigenvalue weighted by Crippen LogP contribution is -2.51. The van der Waals surface area contributed by atoms with Gasteiger partial charge in [-0.3, -0.25) is 14.4 Å². The highest BCUT2D eigenvalue weighted by atomic mass is 35.5. The zero-order valence-corrected chi connectivity index (χ0v) is 29.8. The molecule has 2 amide bonds. The van der Waals surface area contributed by atoms with Crippen LogP contribution in [0.3, 0.4) is 0 Å². The molecular formula is C36H45ClN2O8S. The molecule has 0 saturated carbocycles. The molecule has 0 spiro atoms. The van der Waals surface area contributed by atoms with Crippen molar-refractivity contribution in [3.8, 4) is 5.75 Å². The molecule has 0 bridgehead atoms. The van der Waals surface area contributed by atoms with E-state index < -0.39 is 47.4 Å². The maximum atomic E-state index is 13.6. The fourth-order valence-corrected chi connectivity index (χ4v) is 5.92. The van der Waals surface area contributed by atoms with E-state index in [2.05, 4.69) is 23.3 Å². The maximum absolute atomic E-state index is 13.6. The number of rotatable bonds is 8. The molecule has 2 N–H and O–H groups in total. The van der Waals surface area contributed by atoms with Gasteiger partial charge in [0.2, 0.25) is 11.8 Å². The van der Waals surface area contributed by atoms with E-state index in [1.165, 1.54) is 13.2 Å². The van der Waals surface area contributed by atoms with E-state index in [1.54, 1.807) is 38.1 Å². The van der Waals surface area contributed by atoms with Crippen LogP contribution in [0.15, 0.2) is 59.5 Å². The van der Waals surface area contributed by atoms with Crippen LogP contribution in [-0.2, 0) is 39.8 Å². The second-order valence-electron chi connectivity index (χ2n) is 13.4. The molecule has 48 heavy (non-hydrogen) atoms. The zero-order valence-electron chi connectivity index (χ0n) is 28.2. The second kappa shape index (κ2) is 16.2. The number of methoxy groups -OCH3 is 1. The number of halogens is 1.